The second-order valence-electron chi connectivity index (χ2n) is 21.3. The number of ether oxygens (including phenoxy) is 16. The van der Waals surface area contributed by atoms with Gasteiger partial charge >= 0.3 is 0 Å². The number of carbonyl (C=O) groups is 2. The Morgan fingerprint density at radius 3 is 1.05 bits per heavy atom. The van der Waals surface area contributed by atoms with E-state index >= 15 is 9.59 Å². The molecule has 2 aliphatic heterocycles. The maximum Gasteiger partial charge on any atom is 0.265 e. The molecule has 0 N–H and O–H groups in total. The molecule has 0 unspecified atom stereocenters. The molecule has 88 heavy (non-hydrogen) atoms. The van der Waals surface area contributed by atoms with Gasteiger partial charge in [-0.2, -0.15) is 0 Å². The van der Waals surface area contributed by atoms with Crippen LogP contribution in [-0.4, -0.2) is 187 Å². The van der Waals surface area contributed by atoms with Crippen molar-refractivity contribution in [2.75, 3.05) is 185 Å². The van der Waals surface area contributed by atoms with Crippen molar-refractivity contribution in [3.8, 4) is 34.5 Å². The summed E-state index contributed by atoms with van der Waals surface area (Å²) in [5, 5.41) is 7.80. The zero-order valence-corrected chi connectivity index (χ0v) is 52.0. The van der Waals surface area contributed by atoms with Crippen molar-refractivity contribution in [1.82, 2.24) is 0 Å². The predicted molar refractivity (Wildman–Crippen MR) is 337 cm³/mol. The minimum atomic E-state index is -0.469. The van der Waals surface area contributed by atoms with Crippen LogP contribution in [0.15, 0.2) is 72.8 Å². The number of rotatable bonds is 44. The van der Waals surface area contributed by atoms with Gasteiger partial charge in [-0.3, -0.25) is 9.59 Å². The van der Waals surface area contributed by atoms with E-state index in [1.807, 2.05) is 36.4 Å². The van der Waals surface area contributed by atoms with Gasteiger partial charge in [-0.25, -0.2) is 4.90 Å². The molecule has 20 nitrogen and oxygen atoms in total. The summed E-state index contributed by atoms with van der Waals surface area (Å²) >= 11 is 0. The summed E-state index contributed by atoms with van der Waals surface area (Å²) in [6.07, 6.45) is 5.18. The molecule has 0 aliphatic carbocycles. The Hall–Kier alpha value is -6.82. The number of hydrogen-bond donors (Lipinski definition) is 0. The standard InChI is InChI=1S/C68H86N2O18/c1-73-21-9-7-11-23-83-57-41-49(42-58(85-37-33-79-29-25-75-3)65(57)87-39-35-81-31-27-77-5)69-45-47-13-15-51-53-17-19-55-64-56(20-18-54(63(53)64)52-16-14-48(46-69)61(47)62(51)52)68(72)70(67(55)71)50-43-59(84-24-12-8-10-22-74-2)66(88-40-36-82-32-28-78-6)60(44-50)86-38-34-80-30-26-76-4/h13-20,41-44H,7-12,21-40,45-46H2,1-6H3. The third-order valence-electron chi connectivity index (χ3n) is 15.4. The zero-order valence-electron chi connectivity index (χ0n) is 52.0. The van der Waals surface area contributed by atoms with E-state index in [0.717, 1.165) is 87.7 Å². The van der Waals surface area contributed by atoms with E-state index in [9.17, 15) is 0 Å². The number of methoxy groups -OCH3 is 6. The molecular weight excluding hydrogens is 1130 g/mol. The second-order valence-corrected chi connectivity index (χ2v) is 21.3. The fraction of sp³-hybridized carbons (Fsp3) is 0.500. The Kier molecular flexibility index (Phi) is 25.5. The van der Waals surface area contributed by atoms with Crippen LogP contribution in [0.4, 0.5) is 11.4 Å². The first-order valence-corrected chi connectivity index (χ1v) is 30.5. The Bertz CT molecular complexity index is 3170. The summed E-state index contributed by atoms with van der Waals surface area (Å²) in [4.78, 5) is 34.0. The van der Waals surface area contributed by atoms with Gasteiger partial charge in [-0.1, -0.05) is 36.4 Å². The summed E-state index contributed by atoms with van der Waals surface area (Å²) in [7, 11) is 9.92. The summed E-state index contributed by atoms with van der Waals surface area (Å²) in [5.74, 6) is 1.61. The van der Waals surface area contributed by atoms with Crippen molar-refractivity contribution in [3.63, 3.8) is 0 Å². The molecular formula is C68H86N2O18. The summed E-state index contributed by atoms with van der Waals surface area (Å²) < 4.78 is 93.0. The minimum Gasteiger partial charge on any atom is -0.489 e. The van der Waals surface area contributed by atoms with E-state index in [0.29, 0.717) is 151 Å². The number of anilines is 2. The van der Waals surface area contributed by atoms with Crippen LogP contribution in [0.1, 0.15) is 70.4 Å². The first kappa shape index (κ1) is 65.6. The average Bonchev–Trinajstić information content (AvgIpc) is 0.870. The second kappa shape index (κ2) is 34.2. The Morgan fingerprint density at radius 2 is 0.648 bits per heavy atom. The maximum absolute atomic E-state index is 15.2. The summed E-state index contributed by atoms with van der Waals surface area (Å²) in [5.41, 5.74) is 4.31. The smallest absolute Gasteiger partial charge is 0.265 e. The zero-order chi connectivity index (χ0) is 61.5. The van der Waals surface area contributed by atoms with Crippen LogP contribution in [0.25, 0.3) is 43.1 Å². The summed E-state index contributed by atoms with van der Waals surface area (Å²) in [6, 6.07) is 24.0. The molecule has 0 atom stereocenters. The van der Waals surface area contributed by atoms with E-state index in [2.05, 4.69) is 29.2 Å². The van der Waals surface area contributed by atoms with Gasteiger partial charge in [0.05, 0.1) is 98.2 Å². The van der Waals surface area contributed by atoms with Crippen LogP contribution in [0.2, 0.25) is 0 Å². The van der Waals surface area contributed by atoms with Crippen molar-refractivity contribution < 1.29 is 85.4 Å². The molecule has 2 amide bonds. The molecule has 0 spiro atoms. The highest BCUT2D eigenvalue weighted by molar-refractivity contribution is 6.42. The first-order chi connectivity index (χ1) is 43.3. The number of hydrogen-bond acceptors (Lipinski definition) is 19. The van der Waals surface area contributed by atoms with Crippen molar-refractivity contribution in [1.29, 1.82) is 0 Å². The highest BCUT2D eigenvalue weighted by Gasteiger charge is 2.37. The average molecular weight is 1220 g/mol. The van der Waals surface area contributed by atoms with Crippen LogP contribution in [0.5, 0.6) is 34.5 Å². The van der Waals surface area contributed by atoms with Gasteiger partial charge < -0.3 is 80.7 Å². The molecule has 0 radical (unpaired) electrons. The number of imide groups is 1. The van der Waals surface area contributed by atoms with Crippen LogP contribution < -0.4 is 38.2 Å². The molecule has 2 aliphatic rings. The van der Waals surface area contributed by atoms with Crippen LogP contribution in [0.3, 0.4) is 0 Å². The van der Waals surface area contributed by atoms with Crippen molar-refractivity contribution >= 4 is 66.3 Å². The SMILES string of the molecule is COCCCCCOc1cc(N2Cc3ccc4c5ccc6c7c(ccc(c8ccc(c3c48)C2)c75)C(=O)N(c2cc(OCCCCCOC)c(OCCOCCOC)c(OCCOCCOC)c2)C6=O)cc(OCCOCCOC)c1OCCOCCOC. The fourth-order valence-electron chi connectivity index (χ4n) is 11.2. The fourth-order valence-corrected chi connectivity index (χ4v) is 11.2. The van der Waals surface area contributed by atoms with E-state index in [1.165, 1.54) is 10.3 Å². The van der Waals surface area contributed by atoms with Gasteiger partial charge in [0.25, 0.3) is 11.8 Å². The quantitative estimate of drug-likeness (QED) is 0.0152. The Labute approximate surface area is 515 Å². The van der Waals surface area contributed by atoms with Crippen molar-refractivity contribution in [2.45, 2.75) is 51.6 Å². The Morgan fingerprint density at radius 1 is 0.318 bits per heavy atom. The highest BCUT2D eigenvalue weighted by Crippen LogP contribution is 2.50. The van der Waals surface area contributed by atoms with Gasteiger partial charge in [0.1, 0.15) is 26.4 Å². The lowest BCUT2D eigenvalue weighted by atomic mass is 9.82. The van der Waals surface area contributed by atoms with E-state index < -0.39 is 11.8 Å². The predicted octanol–water partition coefficient (Wildman–Crippen LogP) is 10.6. The minimum absolute atomic E-state index is 0.142. The topological polar surface area (TPSA) is 188 Å². The molecule has 0 fully saturated rings. The lowest BCUT2D eigenvalue weighted by Gasteiger charge is -2.33. The normalized spacial score (nSPS) is 13.1. The van der Waals surface area contributed by atoms with Crippen LogP contribution in [-0.2, 0) is 60.5 Å². The Balaban J connectivity index is 1.04. The maximum atomic E-state index is 15.2. The molecule has 476 valence electrons. The number of amides is 2. The van der Waals surface area contributed by atoms with Crippen LogP contribution in [0, 0.1) is 0 Å². The number of unbranched alkanes of at least 4 members (excludes halogenated alkanes) is 4. The van der Waals surface area contributed by atoms with Gasteiger partial charge in [-0.15, -0.1) is 0 Å². The molecule has 20 heteroatoms. The van der Waals surface area contributed by atoms with E-state index in [-0.39, 0.29) is 51.1 Å². The van der Waals surface area contributed by atoms with Crippen molar-refractivity contribution in [3.05, 3.63) is 95.1 Å². The molecule has 7 aromatic carbocycles. The molecule has 0 saturated carbocycles. The van der Waals surface area contributed by atoms with Gasteiger partial charge in [-0.05, 0) is 99.5 Å². The molecule has 9 rings (SSSR count). The van der Waals surface area contributed by atoms with Crippen molar-refractivity contribution in [2.24, 2.45) is 0 Å². The molecule has 7 aromatic rings. The molecule has 0 saturated heterocycles. The molecule has 0 aromatic heterocycles. The largest absolute Gasteiger partial charge is 0.489 e. The number of fused-ring (bicyclic) bond motifs is 2. The van der Waals surface area contributed by atoms with Gasteiger partial charge in [0.2, 0.25) is 11.5 Å². The highest BCUT2D eigenvalue weighted by atomic mass is 16.6. The molecule has 2 heterocycles. The first-order valence-electron chi connectivity index (χ1n) is 30.5. The summed E-state index contributed by atoms with van der Waals surface area (Å²) in [6.45, 7) is 8.96. The number of carbonyl (C=O) groups excluding carboxylic acids is 2. The van der Waals surface area contributed by atoms with E-state index in [4.69, 9.17) is 75.8 Å². The monoisotopic (exact) mass is 1220 g/mol. The lowest BCUT2D eigenvalue weighted by Crippen LogP contribution is -2.40. The molecule has 0 bridgehead atoms. The third-order valence-corrected chi connectivity index (χ3v) is 15.4. The van der Waals surface area contributed by atoms with Gasteiger partial charge in [0, 0.05) is 115 Å². The van der Waals surface area contributed by atoms with E-state index in [1.54, 1.807) is 54.8 Å². The number of nitrogens with zero attached hydrogens (tertiary/aromatic N) is 2. The third kappa shape index (κ3) is 16.1. The number of benzene rings is 7. The van der Waals surface area contributed by atoms with Crippen LogP contribution >= 0.6 is 0 Å². The lowest BCUT2D eigenvalue weighted by molar-refractivity contribution is 0.0493. The van der Waals surface area contributed by atoms with Gasteiger partial charge in [0.15, 0.2) is 23.0 Å².